The van der Waals surface area contributed by atoms with E-state index in [-0.39, 0.29) is 35.7 Å². The molecule has 1 aliphatic heterocycles. The second-order valence-corrected chi connectivity index (χ2v) is 11.7. The smallest absolute Gasteiger partial charge is 0.395 e. The number of halogens is 4. The summed E-state index contributed by atoms with van der Waals surface area (Å²) in [5.74, 6) is -0.910. The van der Waals surface area contributed by atoms with Crippen molar-refractivity contribution in [2.75, 3.05) is 49.6 Å². The Hall–Kier alpha value is -4.23. The van der Waals surface area contributed by atoms with E-state index in [4.69, 9.17) is 11.6 Å². The molecule has 3 N–H and O–H groups in total. The molecule has 0 saturated carbocycles. The van der Waals surface area contributed by atoms with Crippen molar-refractivity contribution in [1.29, 1.82) is 0 Å². The number of nitrogens with zero attached hydrogens (tertiary/aromatic N) is 4. The number of carbonyl (C=O) groups is 2. The molecule has 1 aromatic heterocycles. The summed E-state index contributed by atoms with van der Waals surface area (Å²) in [5, 5.41) is 25.3. The summed E-state index contributed by atoms with van der Waals surface area (Å²) in [6, 6.07) is 15.6. The number of nitrogens with one attached hydrogen (secondary N) is 1. The third-order valence-electron chi connectivity index (χ3n) is 8.01. The topological polar surface area (TPSA) is 111 Å². The summed E-state index contributed by atoms with van der Waals surface area (Å²) < 4.78 is 41.6. The van der Waals surface area contributed by atoms with Crippen molar-refractivity contribution in [3.8, 4) is 5.69 Å². The minimum atomic E-state index is -4.67. The zero-order chi connectivity index (χ0) is 33.6. The van der Waals surface area contributed by atoms with Gasteiger partial charge < -0.3 is 20.4 Å². The summed E-state index contributed by atoms with van der Waals surface area (Å²) in [4.78, 5) is 31.5. The number of hydrogen-bond donors (Lipinski definition) is 3. The number of hydrogen-bond acceptors (Lipinski definition) is 7. The highest BCUT2D eigenvalue weighted by molar-refractivity contribution is 6.31. The van der Waals surface area contributed by atoms with Gasteiger partial charge in [-0.25, -0.2) is 4.68 Å². The first-order valence-electron chi connectivity index (χ1n) is 15.3. The molecule has 0 atom stereocenters. The van der Waals surface area contributed by atoms with E-state index in [9.17, 15) is 33.0 Å². The van der Waals surface area contributed by atoms with E-state index >= 15 is 0 Å². The summed E-state index contributed by atoms with van der Waals surface area (Å²) in [7, 11) is 0. The number of anilines is 2. The molecule has 0 bridgehead atoms. The number of aromatic nitrogens is 2. The predicted octanol–water partition coefficient (Wildman–Crippen LogP) is 5.80. The Morgan fingerprint density at radius 2 is 1.64 bits per heavy atom. The Labute approximate surface area is 275 Å². The van der Waals surface area contributed by atoms with Crippen molar-refractivity contribution >= 4 is 34.7 Å². The highest BCUT2D eigenvalue weighted by Crippen LogP contribution is 2.36. The maximum atomic E-state index is 14.0. The van der Waals surface area contributed by atoms with Crippen LogP contribution in [0.3, 0.4) is 0 Å². The van der Waals surface area contributed by atoms with E-state index in [0.717, 1.165) is 55.7 Å². The Morgan fingerprint density at radius 3 is 2.34 bits per heavy atom. The number of carbonyl (C=O) groups excluding carboxylic acids is 2. The van der Waals surface area contributed by atoms with Crippen LogP contribution in [0.4, 0.5) is 24.5 Å². The lowest BCUT2D eigenvalue weighted by atomic mass is 10.0. The van der Waals surface area contributed by atoms with Crippen LogP contribution < -0.4 is 10.2 Å². The van der Waals surface area contributed by atoms with Crippen molar-refractivity contribution in [1.82, 2.24) is 14.7 Å². The van der Waals surface area contributed by atoms with Crippen molar-refractivity contribution in [2.24, 2.45) is 0 Å². The highest BCUT2D eigenvalue weighted by atomic mass is 35.5. The predicted molar refractivity (Wildman–Crippen MR) is 173 cm³/mol. The average Bonchev–Trinajstić information content (AvgIpc) is 3.56. The van der Waals surface area contributed by atoms with Gasteiger partial charge in [0.2, 0.25) is 0 Å². The number of alkyl halides is 3. The van der Waals surface area contributed by atoms with Crippen molar-refractivity contribution in [2.45, 2.75) is 32.0 Å². The van der Waals surface area contributed by atoms with Gasteiger partial charge in [0, 0.05) is 55.7 Å². The molecule has 1 aliphatic rings. The number of rotatable bonds is 12. The molecule has 1 amide bonds. The summed E-state index contributed by atoms with van der Waals surface area (Å²) in [6.07, 6.45) is 1.10. The number of aliphatic hydroxyl groups excluding tert-OH is 2. The van der Waals surface area contributed by atoms with Crippen LogP contribution in [0.15, 0.2) is 73.1 Å². The van der Waals surface area contributed by atoms with E-state index in [1.165, 1.54) is 23.1 Å². The largest absolute Gasteiger partial charge is 0.417 e. The van der Waals surface area contributed by atoms with E-state index in [1.54, 1.807) is 30.3 Å². The SMILES string of the molecule is O=C(Nc1ccc(N2CCCCC2)cc1C(=O)c1cnn(-c2ccc(Cl)c(C(F)(F)F)c2)c1)c1cccc(CN(CCO)CCO)c1. The van der Waals surface area contributed by atoms with Gasteiger partial charge in [-0.3, -0.25) is 14.5 Å². The summed E-state index contributed by atoms with van der Waals surface area (Å²) in [6.45, 7) is 2.65. The van der Waals surface area contributed by atoms with Gasteiger partial charge in [0.1, 0.15) is 0 Å². The molecular formula is C34H35ClF3N5O4. The van der Waals surface area contributed by atoms with E-state index in [2.05, 4.69) is 15.3 Å². The second kappa shape index (κ2) is 15.1. The molecule has 2 heterocycles. The number of piperidine rings is 1. The van der Waals surface area contributed by atoms with Crippen LogP contribution in [-0.2, 0) is 12.7 Å². The van der Waals surface area contributed by atoms with Gasteiger partial charge in [-0.2, -0.15) is 18.3 Å². The molecule has 0 radical (unpaired) electrons. The zero-order valence-electron chi connectivity index (χ0n) is 25.5. The van der Waals surface area contributed by atoms with Gasteiger partial charge in [-0.15, -0.1) is 0 Å². The number of benzene rings is 3. The zero-order valence-corrected chi connectivity index (χ0v) is 26.3. The third-order valence-corrected chi connectivity index (χ3v) is 8.34. The van der Waals surface area contributed by atoms with Crippen LogP contribution in [-0.4, -0.2) is 76.0 Å². The molecule has 0 unspecified atom stereocenters. The average molecular weight is 670 g/mol. The molecule has 4 aromatic rings. The number of ketones is 1. The van der Waals surface area contributed by atoms with Crippen LogP contribution in [0.25, 0.3) is 5.69 Å². The van der Waals surface area contributed by atoms with Crippen LogP contribution in [0.5, 0.6) is 0 Å². The van der Waals surface area contributed by atoms with E-state index in [0.29, 0.717) is 25.2 Å². The standard InChI is InChI=1S/C34H35ClF3N5O4/c35-30-9-7-27(19-29(30)34(36,37)38)43-22-25(20-39-43)32(46)28-18-26(42-11-2-1-3-12-42)8-10-31(28)40-33(47)24-6-4-5-23(17-24)21-41(13-15-44)14-16-45/h4-10,17-20,22,44-45H,1-3,11-16,21H2,(H,40,47). The molecule has 0 spiro atoms. The van der Waals surface area contributed by atoms with Crippen LogP contribution >= 0.6 is 11.6 Å². The lowest BCUT2D eigenvalue weighted by Gasteiger charge is -2.29. The molecule has 248 valence electrons. The first kappa shape index (κ1) is 34.1. The normalized spacial score (nSPS) is 13.6. The van der Waals surface area contributed by atoms with Gasteiger partial charge in [-0.1, -0.05) is 23.7 Å². The quantitative estimate of drug-likeness (QED) is 0.164. The molecule has 47 heavy (non-hydrogen) atoms. The monoisotopic (exact) mass is 669 g/mol. The van der Waals surface area contributed by atoms with Crippen LogP contribution in [0, 0.1) is 0 Å². The molecule has 5 rings (SSSR count). The Bertz CT molecular complexity index is 1720. The van der Waals surface area contributed by atoms with Gasteiger partial charge in [0.05, 0.1) is 46.9 Å². The van der Waals surface area contributed by atoms with Crippen molar-refractivity contribution < 1.29 is 33.0 Å². The van der Waals surface area contributed by atoms with Gasteiger partial charge in [0.25, 0.3) is 5.91 Å². The third kappa shape index (κ3) is 8.38. The molecular weight excluding hydrogens is 635 g/mol. The fraction of sp³-hybridized carbons (Fsp3) is 0.324. The fourth-order valence-corrected chi connectivity index (χ4v) is 5.83. The van der Waals surface area contributed by atoms with E-state index < -0.39 is 28.5 Å². The maximum absolute atomic E-state index is 14.0. The summed E-state index contributed by atoms with van der Waals surface area (Å²) >= 11 is 5.78. The lowest BCUT2D eigenvalue weighted by molar-refractivity contribution is -0.137. The van der Waals surface area contributed by atoms with Crippen LogP contribution in [0.1, 0.15) is 56.7 Å². The Balaban J connectivity index is 1.44. The minimum Gasteiger partial charge on any atom is -0.395 e. The van der Waals surface area contributed by atoms with Crippen molar-refractivity contribution in [3.05, 3.63) is 106 Å². The van der Waals surface area contributed by atoms with E-state index in [1.807, 2.05) is 17.0 Å². The minimum absolute atomic E-state index is 0.0718. The molecule has 9 nitrogen and oxygen atoms in total. The van der Waals surface area contributed by atoms with Crippen LogP contribution in [0.2, 0.25) is 5.02 Å². The first-order chi connectivity index (χ1) is 22.6. The lowest BCUT2D eigenvalue weighted by Crippen LogP contribution is -2.29. The molecule has 0 aliphatic carbocycles. The van der Waals surface area contributed by atoms with Crippen molar-refractivity contribution in [3.63, 3.8) is 0 Å². The highest BCUT2D eigenvalue weighted by Gasteiger charge is 2.33. The maximum Gasteiger partial charge on any atom is 0.417 e. The summed E-state index contributed by atoms with van der Waals surface area (Å²) in [5.41, 5.74) is 1.64. The number of aliphatic hydroxyl groups is 2. The molecule has 13 heteroatoms. The van der Waals surface area contributed by atoms with Gasteiger partial charge in [-0.05, 0) is 73.4 Å². The molecule has 3 aromatic carbocycles. The number of amides is 1. The first-order valence-corrected chi connectivity index (χ1v) is 15.6. The fourth-order valence-electron chi connectivity index (χ4n) is 5.60. The Kier molecular flexibility index (Phi) is 11.0. The van der Waals surface area contributed by atoms with Gasteiger partial charge in [0.15, 0.2) is 5.78 Å². The second-order valence-electron chi connectivity index (χ2n) is 11.3. The van der Waals surface area contributed by atoms with Gasteiger partial charge >= 0.3 is 6.18 Å². The molecule has 1 saturated heterocycles. The molecule has 1 fully saturated rings. The Morgan fingerprint density at radius 1 is 0.915 bits per heavy atom.